The van der Waals surface area contributed by atoms with Crippen LogP contribution in [0.2, 0.25) is 0 Å². The average molecular weight is 254 g/mol. The normalized spacial score (nSPS) is 29.6. The predicted molar refractivity (Wildman–Crippen MR) is 71.4 cm³/mol. The van der Waals surface area contributed by atoms with Crippen molar-refractivity contribution in [2.75, 3.05) is 32.8 Å². The summed E-state index contributed by atoms with van der Waals surface area (Å²) in [4.78, 5) is 14.7. The average Bonchev–Trinajstić information content (AvgIpc) is 2.39. The smallest absolute Gasteiger partial charge is 0.227 e. The van der Waals surface area contributed by atoms with Gasteiger partial charge in [0.1, 0.15) is 0 Å². The van der Waals surface area contributed by atoms with Crippen LogP contribution in [0.3, 0.4) is 0 Å². The fourth-order valence-corrected chi connectivity index (χ4v) is 2.98. The van der Waals surface area contributed by atoms with Gasteiger partial charge in [-0.1, -0.05) is 13.8 Å². The molecule has 2 atom stereocenters. The molecule has 2 heterocycles. The number of amides is 1. The molecule has 0 spiro atoms. The van der Waals surface area contributed by atoms with Gasteiger partial charge >= 0.3 is 0 Å². The highest BCUT2D eigenvalue weighted by Crippen LogP contribution is 2.21. The van der Waals surface area contributed by atoms with Crippen molar-refractivity contribution < 1.29 is 9.53 Å². The Balaban J connectivity index is 1.96. The molecule has 4 nitrogen and oxygen atoms in total. The van der Waals surface area contributed by atoms with Gasteiger partial charge in [-0.15, -0.1) is 0 Å². The molecule has 0 bridgehead atoms. The minimum Gasteiger partial charge on any atom is -0.377 e. The lowest BCUT2D eigenvalue weighted by Crippen LogP contribution is -2.53. The van der Waals surface area contributed by atoms with Crippen LogP contribution in [0.5, 0.6) is 0 Å². The van der Waals surface area contributed by atoms with Gasteiger partial charge in [-0.3, -0.25) is 4.79 Å². The molecule has 1 N–H and O–H groups in total. The van der Waals surface area contributed by atoms with E-state index in [2.05, 4.69) is 24.1 Å². The van der Waals surface area contributed by atoms with E-state index in [0.29, 0.717) is 25.0 Å². The topological polar surface area (TPSA) is 41.6 Å². The summed E-state index contributed by atoms with van der Waals surface area (Å²) >= 11 is 0. The van der Waals surface area contributed by atoms with E-state index in [-0.39, 0.29) is 12.0 Å². The maximum absolute atomic E-state index is 12.6. The number of carbonyl (C=O) groups excluding carboxylic acids is 1. The van der Waals surface area contributed by atoms with E-state index in [1.165, 1.54) is 0 Å². The number of ether oxygens (including phenoxy) is 1. The van der Waals surface area contributed by atoms with Crippen LogP contribution >= 0.6 is 0 Å². The second-order valence-electron chi connectivity index (χ2n) is 5.93. The Bertz CT molecular complexity index is 275. The van der Waals surface area contributed by atoms with Crippen LogP contribution in [0.25, 0.3) is 0 Å². The Morgan fingerprint density at radius 1 is 1.50 bits per heavy atom. The molecule has 1 amide bonds. The molecule has 0 aromatic carbocycles. The first-order valence-corrected chi connectivity index (χ1v) is 7.27. The van der Waals surface area contributed by atoms with Crippen molar-refractivity contribution in [2.45, 2.75) is 39.2 Å². The molecule has 2 aliphatic heterocycles. The maximum atomic E-state index is 12.6. The Morgan fingerprint density at radius 3 is 3.00 bits per heavy atom. The summed E-state index contributed by atoms with van der Waals surface area (Å²) in [6.07, 6.45) is 3.21. The van der Waals surface area contributed by atoms with Crippen LogP contribution in [-0.2, 0) is 9.53 Å². The number of hydrogen-bond donors (Lipinski definition) is 1. The van der Waals surface area contributed by atoms with Gasteiger partial charge in [-0.2, -0.15) is 0 Å². The minimum atomic E-state index is 0.187. The summed E-state index contributed by atoms with van der Waals surface area (Å²) in [5.41, 5.74) is 0. The molecule has 2 fully saturated rings. The van der Waals surface area contributed by atoms with Gasteiger partial charge in [0.05, 0.1) is 25.2 Å². The molecule has 0 radical (unpaired) electrons. The number of carbonyl (C=O) groups is 1. The van der Waals surface area contributed by atoms with Crippen molar-refractivity contribution in [3.8, 4) is 0 Å². The van der Waals surface area contributed by atoms with Gasteiger partial charge in [0, 0.05) is 13.1 Å². The molecule has 0 saturated carbocycles. The van der Waals surface area contributed by atoms with Crippen LogP contribution < -0.4 is 5.32 Å². The van der Waals surface area contributed by atoms with Crippen LogP contribution in [0, 0.1) is 11.8 Å². The molecule has 2 unspecified atom stereocenters. The standard InChI is InChI=1S/C14H26N2O2/c1-11(2)8-13-10-18-7-6-16(13)14(17)12-4-3-5-15-9-12/h11-13,15H,3-10H2,1-2H3. The van der Waals surface area contributed by atoms with Gasteiger partial charge in [0.15, 0.2) is 0 Å². The van der Waals surface area contributed by atoms with Gasteiger partial charge in [-0.05, 0) is 31.7 Å². The first kappa shape index (κ1) is 13.8. The zero-order valence-electron chi connectivity index (χ0n) is 11.7. The first-order chi connectivity index (χ1) is 8.68. The third-order valence-electron chi connectivity index (χ3n) is 3.90. The van der Waals surface area contributed by atoms with Crippen LogP contribution in [0.1, 0.15) is 33.1 Å². The minimum absolute atomic E-state index is 0.187. The monoisotopic (exact) mass is 254 g/mol. The summed E-state index contributed by atoms with van der Waals surface area (Å²) in [7, 11) is 0. The van der Waals surface area contributed by atoms with Crippen molar-refractivity contribution in [1.29, 1.82) is 0 Å². The molecular formula is C14H26N2O2. The largest absolute Gasteiger partial charge is 0.377 e. The predicted octanol–water partition coefficient (Wildman–Crippen LogP) is 1.26. The summed E-state index contributed by atoms with van der Waals surface area (Å²) in [5, 5.41) is 3.33. The third kappa shape index (κ3) is 3.45. The second-order valence-corrected chi connectivity index (χ2v) is 5.93. The highest BCUT2D eigenvalue weighted by molar-refractivity contribution is 5.79. The molecular weight excluding hydrogens is 228 g/mol. The van der Waals surface area contributed by atoms with E-state index in [1.807, 2.05) is 0 Å². The lowest BCUT2D eigenvalue weighted by Gasteiger charge is -2.39. The molecule has 2 saturated heterocycles. The highest BCUT2D eigenvalue weighted by atomic mass is 16.5. The molecule has 0 aliphatic carbocycles. The third-order valence-corrected chi connectivity index (χ3v) is 3.90. The Hall–Kier alpha value is -0.610. The van der Waals surface area contributed by atoms with Gasteiger partial charge < -0.3 is 15.0 Å². The molecule has 4 heteroatoms. The van der Waals surface area contributed by atoms with Crippen LogP contribution in [-0.4, -0.2) is 49.7 Å². The Labute approximate surface area is 110 Å². The van der Waals surface area contributed by atoms with E-state index < -0.39 is 0 Å². The van der Waals surface area contributed by atoms with E-state index in [0.717, 1.165) is 38.9 Å². The van der Waals surface area contributed by atoms with E-state index in [4.69, 9.17) is 4.74 Å². The lowest BCUT2D eigenvalue weighted by atomic mass is 9.95. The summed E-state index contributed by atoms with van der Waals surface area (Å²) in [6, 6.07) is 0.285. The maximum Gasteiger partial charge on any atom is 0.227 e. The van der Waals surface area contributed by atoms with E-state index in [9.17, 15) is 4.79 Å². The zero-order valence-corrected chi connectivity index (χ0v) is 11.7. The molecule has 2 aliphatic rings. The van der Waals surface area contributed by atoms with Crippen molar-refractivity contribution in [3.63, 3.8) is 0 Å². The van der Waals surface area contributed by atoms with Crippen LogP contribution in [0.15, 0.2) is 0 Å². The van der Waals surface area contributed by atoms with Gasteiger partial charge in [0.25, 0.3) is 0 Å². The number of hydrogen-bond acceptors (Lipinski definition) is 3. The second kappa shape index (κ2) is 6.53. The van der Waals surface area contributed by atoms with Crippen LogP contribution in [0.4, 0.5) is 0 Å². The summed E-state index contributed by atoms with van der Waals surface area (Å²) in [6.45, 7) is 8.50. The molecule has 18 heavy (non-hydrogen) atoms. The Kier molecular flexibility index (Phi) is 5.01. The lowest BCUT2D eigenvalue weighted by molar-refractivity contribution is -0.145. The van der Waals surface area contributed by atoms with Crippen molar-refractivity contribution >= 4 is 5.91 Å². The first-order valence-electron chi connectivity index (χ1n) is 7.27. The fourth-order valence-electron chi connectivity index (χ4n) is 2.98. The number of nitrogens with one attached hydrogen (secondary N) is 1. The van der Waals surface area contributed by atoms with E-state index >= 15 is 0 Å². The summed E-state index contributed by atoms with van der Waals surface area (Å²) in [5.74, 6) is 1.14. The number of rotatable bonds is 3. The van der Waals surface area contributed by atoms with Crippen molar-refractivity contribution in [1.82, 2.24) is 10.2 Å². The number of morpholine rings is 1. The summed E-state index contributed by atoms with van der Waals surface area (Å²) < 4.78 is 5.54. The van der Waals surface area contributed by atoms with Gasteiger partial charge in [-0.25, -0.2) is 0 Å². The van der Waals surface area contributed by atoms with Crippen molar-refractivity contribution in [3.05, 3.63) is 0 Å². The quantitative estimate of drug-likeness (QED) is 0.824. The van der Waals surface area contributed by atoms with Gasteiger partial charge in [0.2, 0.25) is 5.91 Å². The molecule has 0 aromatic rings. The highest BCUT2D eigenvalue weighted by Gasteiger charge is 2.32. The van der Waals surface area contributed by atoms with Crippen molar-refractivity contribution in [2.24, 2.45) is 11.8 Å². The SMILES string of the molecule is CC(C)CC1COCCN1C(=O)C1CCCNC1. The molecule has 104 valence electrons. The van der Waals surface area contributed by atoms with E-state index in [1.54, 1.807) is 0 Å². The fraction of sp³-hybridized carbons (Fsp3) is 0.929. The number of piperidine rings is 1. The Morgan fingerprint density at radius 2 is 2.33 bits per heavy atom. The zero-order chi connectivity index (χ0) is 13.0. The molecule has 2 rings (SSSR count). The number of nitrogens with zero attached hydrogens (tertiary/aromatic N) is 1. The molecule has 0 aromatic heterocycles.